The standard InChI is InChI=1S/C16H21O4P/c1-4-13-18-16(15-10-8-7-9-11-15)12-14-21(17,19-5-2)20-6-3/h4,7-11,16H,1,5-6,13H2,2-3H3. The van der Waals surface area contributed by atoms with Crippen molar-refractivity contribution in [1.82, 2.24) is 0 Å². The molecule has 0 aromatic heterocycles. The maximum atomic E-state index is 12.3. The molecule has 1 aromatic carbocycles. The van der Waals surface area contributed by atoms with E-state index in [1.807, 2.05) is 30.3 Å². The van der Waals surface area contributed by atoms with E-state index in [4.69, 9.17) is 13.8 Å². The summed E-state index contributed by atoms with van der Waals surface area (Å²) >= 11 is 0. The van der Waals surface area contributed by atoms with Crippen molar-refractivity contribution in [2.24, 2.45) is 0 Å². The third-order valence-corrected chi connectivity index (χ3v) is 4.01. The lowest BCUT2D eigenvalue weighted by Crippen LogP contribution is -2.02. The first kappa shape index (κ1) is 17.7. The molecule has 0 saturated carbocycles. The highest BCUT2D eigenvalue weighted by Crippen LogP contribution is 2.46. The van der Waals surface area contributed by atoms with Crippen LogP contribution in [0.5, 0.6) is 0 Å². The fourth-order valence-electron chi connectivity index (χ4n) is 1.59. The van der Waals surface area contributed by atoms with Crippen LogP contribution in [0, 0.1) is 11.6 Å². The molecule has 0 aliphatic heterocycles. The predicted molar refractivity (Wildman–Crippen MR) is 84.0 cm³/mol. The third kappa shape index (κ3) is 6.29. The molecular formula is C16H21O4P. The Bertz CT molecular complexity index is 520. The maximum absolute atomic E-state index is 12.3. The first-order valence-electron chi connectivity index (χ1n) is 6.84. The lowest BCUT2D eigenvalue weighted by atomic mass is 10.1. The Kier molecular flexibility index (Phi) is 8.04. The van der Waals surface area contributed by atoms with E-state index in [1.165, 1.54) is 0 Å². The molecule has 0 spiro atoms. The number of hydrogen-bond acceptors (Lipinski definition) is 4. The molecule has 1 unspecified atom stereocenters. The minimum atomic E-state index is -3.39. The highest BCUT2D eigenvalue weighted by atomic mass is 31.2. The van der Waals surface area contributed by atoms with Gasteiger partial charge in [0.1, 0.15) is 6.10 Å². The van der Waals surface area contributed by atoms with Crippen LogP contribution in [0.15, 0.2) is 43.0 Å². The average molecular weight is 308 g/mol. The molecule has 0 N–H and O–H groups in total. The molecule has 21 heavy (non-hydrogen) atoms. The normalized spacial score (nSPS) is 12.3. The van der Waals surface area contributed by atoms with Gasteiger partial charge in [-0.3, -0.25) is 9.05 Å². The lowest BCUT2D eigenvalue weighted by Gasteiger charge is -2.13. The summed E-state index contributed by atoms with van der Waals surface area (Å²) in [5.74, 6) is 2.85. The molecule has 1 rings (SSSR count). The van der Waals surface area contributed by atoms with Crippen LogP contribution in [0.1, 0.15) is 25.5 Å². The van der Waals surface area contributed by atoms with Gasteiger partial charge in [-0.2, -0.15) is 0 Å². The zero-order chi connectivity index (χ0) is 15.6. The molecule has 0 amide bonds. The van der Waals surface area contributed by atoms with Gasteiger partial charge in [0.15, 0.2) is 0 Å². The molecule has 0 aliphatic carbocycles. The fourth-order valence-corrected chi connectivity index (χ4v) is 2.75. The summed E-state index contributed by atoms with van der Waals surface area (Å²) in [5, 5.41) is 0. The largest absolute Gasteiger partial charge is 0.405 e. The van der Waals surface area contributed by atoms with Gasteiger partial charge in [-0.15, -0.1) is 6.58 Å². The van der Waals surface area contributed by atoms with E-state index in [-0.39, 0.29) is 13.2 Å². The Labute approximate surface area is 126 Å². The van der Waals surface area contributed by atoms with E-state index in [1.54, 1.807) is 19.9 Å². The Morgan fingerprint density at radius 3 is 2.38 bits per heavy atom. The molecule has 0 aliphatic rings. The Morgan fingerprint density at radius 2 is 1.86 bits per heavy atom. The van der Waals surface area contributed by atoms with Gasteiger partial charge >= 0.3 is 7.60 Å². The van der Waals surface area contributed by atoms with Crippen LogP contribution in [-0.2, 0) is 18.3 Å². The molecule has 0 radical (unpaired) electrons. The number of ether oxygens (including phenoxy) is 1. The summed E-state index contributed by atoms with van der Waals surface area (Å²) in [7, 11) is -3.39. The number of benzene rings is 1. The van der Waals surface area contributed by atoms with Gasteiger partial charge < -0.3 is 4.74 Å². The summed E-state index contributed by atoms with van der Waals surface area (Å²) in [6, 6.07) is 9.49. The van der Waals surface area contributed by atoms with Crippen LogP contribution < -0.4 is 0 Å². The van der Waals surface area contributed by atoms with E-state index >= 15 is 0 Å². The molecule has 4 nitrogen and oxygen atoms in total. The zero-order valence-electron chi connectivity index (χ0n) is 12.5. The smallest absolute Gasteiger partial charge is 0.357 e. The fraction of sp³-hybridized carbons (Fsp3) is 0.375. The zero-order valence-corrected chi connectivity index (χ0v) is 13.3. The van der Waals surface area contributed by atoms with Crippen molar-refractivity contribution in [1.29, 1.82) is 0 Å². The van der Waals surface area contributed by atoms with E-state index in [2.05, 4.69) is 18.2 Å². The predicted octanol–water partition coefficient (Wildman–Crippen LogP) is 4.16. The van der Waals surface area contributed by atoms with Crippen molar-refractivity contribution >= 4 is 7.60 Å². The molecule has 114 valence electrons. The molecule has 0 heterocycles. The van der Waals surface area contributed by atoms with Gasteiger partial charge in [0.2, 0.25) is 0 Å². The van der Waals surface area contributed by atoms with Gasteiger partial charge in [0, 0.05) is 5.66 Å². The Balaban J connectivity index is 2.98. The summed E-state index contributed by atoms with van der Waals surface area (Å²) in [6.45, 7) is 8.00. The van der Waals surface area contributed by atoms with Crippen LogP contribution in [0.4, 0.5) is 0 Å². The Morgan fingerprint density at radius 1 is 1.24 bits per heavy atom. The van der Waals surface area contributed by atoms with E-state index in [0.717, 1.165) is 5.56 Å². The molecule has 1 atom stereocenters. The van der Waals surface area contributed by atoms with Crippen LogP contribution >= 0.6 is 7.60 Å². The second kappa shape index (κ2) is 9.55. The van der Waals surface area contributed by atoms with Crippen LogP contribution in [0.2, 0.25) is 0 Å². The minimum absolute atomic E-state index is 0.273. The number of rotatable bonds is 8. The molecule has 0 fully saturated rings. The topological polar surface area (TPSA) is 44.8 Å². The highest BCUT2D eigenvalue weighted by molar-refractivity contribution is 7.59. The SMILES string of the molecule is C=CCOC(C#CP(=O)(OCC)OCC)c1ccccc1. The first-order chi connectivity index (χ1) is 10.1. The third-order valence-electron chi connectivity index (χ3n) is 2.41. The summed E-state index contributed by atoms with van der Waals surface area (Å²) in [4.78, 5) is 0. The second-order valence-corrected chi connectivity index (χ2v) is 5.74. The monoisotopic (exact) mass is 308 g/mol. The summed E-state index contributed by atoms with van der Waals surface area (Å²) in [6.07, 6.45) is 1.14. The van der Waals surface area contributed by atoms with Crippen molar-refractivity contribution in [3.05, 3.63) is 48.6 Å². The van der Waals surface area contributed by atoms with Gasteiger partial charge in [0.25, 0.3) is 0 Å². The quantitative estimate of drug-likeness (QED) is 0.411. The second-order valence-electron chi connectivity index (χ2n) is 4.00. The van der Waals surface area contributed by atoms with Gasteiger partial charge in [0.05, 0.1) is 19.8 Å². The summed E-state index contributed by atoms with van der Waals surface area (Å²) in [5.41, 5.74) is 3.49. The van der Waals surface area contributed by atoms with Gasteiger partial charge in [-0.1, -0.05) is 42.3 Å². The highest BCUT2D eigenvalue weighted by Gasteiger charge is 2.20. The lowest BCUT2D eigenvalue weighted by molar-refractivity contribution is 0.117. The molecule has 0 bridgehead atoms. The first-order valence-corrected chi connectivity index (χ1v) is 8.38. The van der Waals surface area contributed by atoms with Crippen molar-refractivity contribution in [3.8, 4) is 11.6 Å². The van der Waals surface area contributed by atoms with Crippen LogP contribution in [0.3, 0.4) is 0 Å². The van der Waals surface area contributed by atoms with E-state index < -0.39 is 13.7 Å². The van der Waals surface area contributed by atoms with E-state index in [0.29, 0.717) is 6.61 Å². The van der Waals surface area contributed by atoms with Crippen molar-refractivity contribution < 1.29 is 18.3 Å². The average Bonchev–Trinajstić information content (AvgIpc) is 2.49. The van der Waals surface area contributed by atoms with E-state index in [9.17, 15) is 4.57 Å². The summed E-state index contributed by atoms with van der Waals surface area (Å²) < 4.78 is 28.2. The molecule has 1 aromatic rings. The van der Waals surface area contributed by atoms with Crippen LogP contribution in [0.25, 0.3) is 0 Å². The van der Waals surface area contributed by atoms with Gasteiger partial charge in [-0.25, -0.2) is 4.57 Å². The number of hydrogen-bond donors (Lipinski definition) is 0. The van der Waals surface area contributed by atoms with Crippen molar-refractivity contribution in [3.63, 3.8) is 0 Å². The Hall–Kier alpha value is -1.37. The minimum Gasteiger partial charge on any atom is -0.357 e. The van der Waals surface area contributed by atoms with Crippen molar-refractivity contribution in [2.75, 3.05) is 19.8 Å². The van der Waals surface area contributed by atoms with Crippen molar-refractivity contribution in [2.45, 2.75) is 20.0 Å². The molecule has 0 saturated heterocycles. The molecular weight excluding hydrogens is 287 g/mol. The molecule has 5 heteroatoms. The van der Waals surface area contributed by atoms with Crippen LogP contribution in [-0.4, -0.2) is 19.8 Å². The maximum Gasteiger partial charge on any atom is 0.405 e. The van der Waals surface area contributed by atoms with Gasteiger partial charge in [-0.05, 0) is 19.4 Å².